The lowest BCUT2D eigenvalue weighted by molar-refractivity contribution is -0.144. The topological polar surface area (TPSA) is 189 Å². The van der Waals surface area contributed by atoms with E-state index in [4.69, 9.17) is 13.9 Å². The molecule has 2 fully saturated rings. The van der Waals surface area contributed by atoms with Crippen molar-refractivity contribution in [1.29, 1.82) is 0 Å². The van der Waals surface area contributed by atoms with Crippen molar-refractivity contribution in [3.8, 4) is 11.3 Å². The maximum Gasteiger partial charge on any atom is 0.408 e. The van der Waals surface area contributed by atoms with Gasteiger partial charge in [0.15, 0.2) is 0 Å². The summed E-state index contributed by atoms with van der Waals surface area (Å²) in [7, 11) is 2.64. The maximum absolute atomic E-state index is 13.8. The van der Waals surface area contributed by atoms with E-state index in [-0.39, 0.29) is 11.8 Å². The van der Waals surface area contributed by atoms with E-state index in [0.29, 0.717) is 72.6 Å². The quantitative estimate of drug-likeness (QED) is 0.116. The number of amides is 6. The number of carbonyl (C=O) groups excluding carboxylic acids is 6. The number of fused-ring (bicyclic) bond motifs is 1. The molecule has 0 aliphatic carbocycles. The van der Waals surface area contributed by atoms with Crippen molar-refractivity contribution < 1.29 is 42.7 Å². The summed E-state index contributed by atoms with van der Waals surface area (Å²) in [5.74, 6) is -1.00. The number of ether oxygens (including phenoxy) is 2. The van der Waals surface area contributed by atoms with Crippen LogP contribution in [0.25, 0.3) is 22.3 Å². The van der Waals surface area contributed by atoms with Gasteiger partial charge in [-0.3, -0.25) is 19.2 Å². The molecule has 2 unspecified atom stereocenters. The van der Waals surface area contributed by atoms with Crippen molar-refractivity contribution in [2.45, 2.75) is 56.8 Å². The number of nitrogens with zero attached hydrogens (tertiary/aromatic N) is 2. The fourth-order valence-electron chi connectivity index (χ4n) is 7.80. The van der Waals surface area contributed by atoms with Crippen LogP contribution >= 0.6 is 0 Å². The number of methoxy groups -OCH3 is 1. The summed E-state index contributed by atoms with van der Waals surface area (Å²) >= 11 is 0. The summed E-state index contributed by atoms with van der Waals surface area (Å²) in [5.41, 5.74) is 4.31. The molecular formula is C45H46N6O9. The van der Waals surface area contributed by atoms with Crippen LogP contribution in [0.5, 0.6) is 0 Å². The molecule has 2 aliphatic rings. The molecule has 310 valence electrons. The second kappa shape index (κ2) is 18.2. The fourth-order valence-corrected chi connectivity index (χ4v) is 7.80. The van der Waals surface area contributed by atoms with Crippen LogP contribution in [0.1, 0.15) is 54.5 Å². The second-order valence-electron chi connectivity index (χ2n) is 14.7. The largest absolute Gasteiger partial charge is 0.456 e. The highest BCUT2D eigenvalue weighted by atomic mass is 16.6. The number of hydrogen-bond acceptors (Lipinski definition) is 9. The van der Waals surface area contributed by atoms with Crippen LogP contribution in [0.4, 0.5) is 21.0 Å². The molecule has 5 aromatic rings. The maximum atomic E-state index is 13.8. The number of furan rings is 1. The fraction of sp³-hybridized carbons (Fsp3) is 0.289. The summed E-state index contributed by atoms with van der Waals surface area (Å²) in [6.07, 6.45) is -0.554. The third-order valence-corrected chi connectivity index (χ3v) is 10.8. The lowest BCUT2D eigenvalue weighted by Gasteiger charge is -2.28. The monoisotopic (exact) mass is 814 g/mol. The van der Waals surface area contributed by atoms with E-state index in [1.165, 1.54) is 24.0 Å². The van der Waals surface area contributed by atoms with Crippen LogP contribution in [-0.2, 0) is 28.7 Å². The molecule has 7 rings (SSSR count). The summed E-state index contributed by atoms with van der Waals surface area (Å²) in [6.45, 7) is 2.58. The normalized spacial score (nSPS) is 17.1. The van der Waals surface area contributed by atoms with Gasteiger partial charge in [0, 0.05) is 48.0 Å². The summed E-state index contributed by atoms with van der Waals surface area (Å²) in [4.78, 5) is 82.1. The Kier molecular flexibility index (Phi) is 12.4. The summed E-state index contributed by atoms with van der Waals surface area (Å²) in [5, 5.41) is 11.7. The molecule has 0 radical (unpaired) electrons. The minimum atomic E-state index is -1.21. The van der Waals surface area contributed by atoms with Crippen molar-refractivity contribution in [1.82, 2.24) is 20.4 Å². The third-order valence-electron chi connectivity index (χ3n) is 10.8. The van der Waals surface area contributed by atoms with Crippen LogP contribution in [-0.4, -0.2) is 84.9 Å². The molecule has 2 aliphatic heterocycles. The Morgan fingerprint density at radius 1 is 0.700 bits per heavy atom. The van der Waals surface area contributed by atoms with Crippen molar-refractivity contribution in [2.24, 2.45) is 0 Å². The number of aryl methyl sites for hydroxylation is 1. The molecule has 6 amide bonds. The zero-order chi connectivity index (χ0) is 42.3. The Hall–Kier alpha value is -7.16. The van der Waals surface area contributed by atoms with Crippen molar-refractivity contribution in [3.63, 3.8) is 0 Å². The number of alkyl carbamates (subject to hydrolysis) is 2. The SMILES string of the molecule is CNC(=O)O[C@@H](C(=O)N1CCCC1C(=O)Nc1ccc(-c2cc3cc(NC(=O)C4CCCN4C(=O)[C@@H](NC(=O)OC)c4ccccc4)cc(C)c3o2)cc1)c1ccccc1. The van der Waals surface area contributed by atoms with Gasteiger partial charge in [0.2, 0.25) is 17.9 Å². The average molecular weight is 815 g/mol. The molecule has 4 aromatic carbocycles. The standard InChI is InChI=1S/C45H46N6O9/c1-27-24-33(48-41(53)34-16-10-22-50(34)42(54)37(49-45(57)58-3)29-12-6-4-7-13-29)25-31-26-36(59-38(27)31)28-18-20-32(21-19-28)47-40(52)35-17-11-23-51(35)43(55)39(60-44(56)46-2)30-14-8-5-9-15-30/h4-9,12-15,18-21,24-26,34-35,37,39H,10-11,16-17,22-23H2,1-3H3,(H,46,56)(H,47,52)(H,48,53)(H,49,57)/t34?,35?,37-,39+/m0/s1. The highest BCUT2D eigenvalue weighted by Crippen LogP contribution is 2.34. The van der Waals surface area contributed by atoms with Crippen molar-refractivity contribution >= 4 is 58.2 Å². The Labute approximate surface area is 346 Å². The molecule has 4 N–H and O–H groups in total. The summed E-state index contributed by atoms with van der Waals surface area (Å²) < 4.78 is 16.5. The van der Waals surface area contributed by atoms with Crippen LogP contribution in [0.2, 0.25) is 0 Å². The molecule has 2 saturated heterocycles. The first-order valence-corrected chi connectivity index (χ1v) is 19.7. The second-order valence-corrected chi connectivity index (χ2v) is 14.7. The first-order chi connectivity index (χ1) is 29.0. The minimum absolute atomic E-state index is 0.343. The van der Waals surface area contributed by atoms with E-state index >= 15 is 0 Å². The van der Waals surface area contributed by atoms with Gasteiger partial charge in [0.05, 0.1) is 7.11 Å². The molecule has 0 spiro atoms. The Balaban J connectivity index is 1.01. The van der Waals surface area contributed by atoms with Crippen molar-refractivity contribution in [2.75, 3.05) is 37.9 Å². The predicted molar refractivity (Wildman–Crippen MR) is 223 cm³/mol. The minimum Gasteiger partial charge on any atom is -0.456 e. The average Bonchev–Trinajstić information content (AvgIpc) is 4.06. The molecule has 4 atom stereocenters. The first-order valence-electron chi connectivity index (χ1n) is 19.7. The van der Waals surface area contributed by atoms with Crippen LogP contribution in [0.15, 0.2) is 108 Å². The van der Waals surface area contributed by atoms with Crippen LogP contribution in [0.3, 0.4) is 0 Å². The van der Waals surface area contributed by atoms with Gasteiger partial charge in [0.1, 0.15) is 29.5 Å². The molecule has 15 nitrogen and oxygen atoms in total. The number of carbonyl (C=O) groups is 6. The van der Waals surface area contributed by atoms with E-state index in [0.717, 1.165) is 16.5 Å². The zero-order valence-electron chi connectivity index (χ0n) is 33.4. The Morgan fingerprint density at radius 2 is 1.28 bits per heavy atom. The lowest BCUT2D eigenvalue weighted by atomic mass is 10.0. The smallest absolute Gasteiger partial charge is 0.408 e. The molecule has 0 bridgehead atoms. The number of nitrogens with one attached hydrogen (secondary N) is 4. The van der Waals surface area contributed by atoms with E-state index in [9.17, 15) is 28.8 Å². The van der Waals surface area contributed by atoms with Crippen LogP contribution in [0, 0.1) is 6.92 Å². The number of hydrogen-bond donors (Lipinski definition) is 4. The highest BCUT2D eigenvalue weighted by molar-refractivity contribution is 6.01. The lowest BCUT2D eigenvalue weighted by Crippen LogP contribution is -2.48. The Bertz CT molecular complexity index is 2390. The van der Waals surface area contributed by atoms with Gasteiger partial charge in [-0.1, -0.05) is 60.7 Å². The first kappa shape index (κ1) is 41.0. The molecule has 3 heterocycles. The van der Waals surface area contributed by atoms with E-state index in [1.54, 1.807) is 66.7 Å². The third kappa shape index (κ3) is 8.94. The molecule has 60 heavy (non-hydrogen) atoms. The number of anilines is 2. The van der Waals surface area contributed by atoms with Gasteiger partial charge in [-0.25, -0.2) is 9.59 Å². The Morgan fingerprint density at radius 3 is 1.88 bits per heavy atom. The van der Waals surface area contributed by atoms with Gasteiger partial charge < -0.3 is 45.0 Å². The van der Waals surface area contributed by atoms with Gasteiger partial charge in [-0.05, 0) is 86.2 Å². The van der Waals surface area contributed by atoms with E-state index in [1.807, 2.05) is 43.3 Å². The van der Waals surface area contributed by atoms with Gasteiger partial charge in [-0.15, -0.1) is 0 Å². The van der Waals surface area contributed by atoms with Gasteiger partial charge in [0.25, 0.3) is 11.8 Å². The number of rotatable bonds is 11. The predicted octanol–water partition coefficient (Wildman–Crippen LogP) is 6.46. The van der Waals surface area contributed by atoms with Gasteiger partial charge >= 0.3 is 12.2 Å². The molecule has 0 saturated carbocycles. The highest BCUT2D eigenvalue weighted by Gasteiger charge is 2.40. The van der Waals surface area contributed by atoms with Gasteiger partial charge in [-0.2, -0.15) is 0 Å². The molecular weight excluding hydrogens is 769 g/mol. The zero-order valence-corrected chi connectivity index (χ0v) is 33.4. The summed E-state index contributed by atoms with van der Waals surface area (Å²) in [6, 6.07) is 27.6. The van der Waals surface area contributed by atoms with E-state index in [2.05, 4.69) is 21.3 Å². The van der Waals surface area contributed by atoms with Crippen molar-refractivity contribution in [3.05, 3.63) is 120 Å². The number of benzene rings is 4. The molecule has 1 aromatic heterocycles. The van der Waals surface area contributed by atoms with E-state index < -0.39 is 48.2 Å². The molecule has 15 heteroatoms. The van der Waals surface area contributed by atoms with Crippen LogP contribution < -0.4 is 21.3 Å². The number of likely N-dealkylation sites (tertiary alicyclic amines) is 2.